The summed E-state index contributed by atoms with van der Waals surface area (Å²) >= 11 is 6.86. The number of hydrogen-bond donors (Lipinski definition) is 1. The largest absolute Gasteiger partial charge is 0.378 e. The average Bonchev–Trinajstić information content (AvgIpc) is 2.43. The molecule has 2 aromatic rings. The van der Waals surface area contributed by atoms with Crippen molar-refractivity contribution < 1.29 is 4.39 Å². The Bertz CT molecular complexity index is 613. The van der Waals surface area contributed by atoms with Crippen molar-refractivity contribution in [3.8, 4) is 0 Å². The van der Waals surface area contributed by atoms with Crippen molar-refractivity contribution in [2.45, 2.75) is 26.3 Å². The van der Waals surface area contributed by atoms with Crippen molar-refractivity contribution in [3.63, 3.8) is 0 Å². The Balaban J connectivity index is 2.27. The van der Waals surface area contributed by atoms with Gasteiger partial charge >= 0.3 is 0 Å². The quantitative estimate of drug-likeness (QED) is 0.654. The van der Waals surface area contributed by atoms with Gasteiger partial charge in [0.2, 0.25) is 0 Å². The van der Waals surface area contributed by atoms with Crippen LogP contribution in [0.2, 0.25) is 0 Å². The Morgan fingerprint density at radius 1 is 1.10 bits per heavy atom. The van der Waals surface area contributed by atoms with E-state index in [4.69, 9.17) is 0 Å². The molecule has 0 heterocycles. The van der Waals surface area contributed by atoms with E-state index in [1.165, 1.54) is 11.6 Å². The minimum Gasteiger partial charge on any atom is -0.378 e. The lowest BCUT2D eigenvalue weighted by Crippen LogP contribution is -2.10. The highest BCUT2D eigenvalue weighted by molar-refractivity contribution is 9.10. The molecule has 1 N–H and O–H groups in total. The molecule has 0 aliphatic carbocycles. The molecule has 0 saturated heterocycles. The van der Waals surface area contributed by atoms with E-state index in [0.717, 1.165) is 21.1 Å². The van der Waals surface area contributed by atoms with E-state index in [-0.39, 0.29) is 11.9 Å². The summed E-state index contributed by atoms with van der Waals surface area (Å²) in [6.07, 6.45) is 0.926. The molecule has 1 unspecified atom stereocenters. The minimum absolute atomic E-state index is 0.0982. The Hall–Kier alpha value is -0.870. The van der Waals surface area contributed by atoms with Crippen LogP contribution in [0.15, 0.2) is 45.3 Å². The average molecular weight is 401 g/mol. The molecule has 0 aromatic heterocycles. The summed E-state index contributed by atoms with van der Waals surface area (Å²) in [5.74, 6) is -0.191. The monoisotopic (exact) mass is 399 g/mol. The van der Waals surface area contributed by atoms with Gasteiger partial charge in [-0.25, -0.2) is 4.39 Å². The molecule has 4 heteroatoms. The van der Waals surface area contributed by atoms with Crippen molar-refractivity contribution in [3.05, 3.63) is 62.3 Å². The van der Waals surface area contributed by atoms with Crippen LogP contribution >= 0.6 is 31.9 Å². The van der Waals surface area contributed by atoms with Crippen molar-refractivity contribution in [2.75, 3.05) is 5.32 Å². The van der Waals surface area contributed by atoms with Crippen LogP contribution in [-0.4, -0.2) is 0 Å². The zero-order chi connectivity index (χ0) is 14.7. The van der Waals surface area contributed by atoms with Crippen LogP contribution in [0.5, 0.6) is 0 Å². The van der Waals surface area contributed by atoms with Crippen LogP contribution in [0.1, 0.15) is 31.0 Å². The summed E-state index contributed by atoms with van der Waals surface area (Å²) in [7, 11) is 0. The van der Waals surface area contributed by atoms with Gasteiger partial charge in [0, 0.05) is 20.2 Å². The molecule has 2 aromatic carbocycles. The highest BCUT2D eigenvalue weighted by Crippen LogP contribution is 2.28. The van der Waals surface area contributed by atoms with Gasteiger partial charge < -0.3 is 5.32 Å². The molecule has 0 bridgehead atoms. The first-order valence-electron chi connectivity index (χ1n) is 6.51. The van der Waals surface area contributed by atoms with Crippen molar-refractivity contribution >= 4 is 37.5 Å². The third kappa shape index (κ3) is 3.61. The molecule has 1 atom stereocenters. The number of halogens is 3. The smallest absolute Gasteiger partial charge is 0.128 e. The van der Waals surface area contributed by atoms with E-state index in [2.05, 4.69) is 50.2 Å². The predicted octanol–water partition coefficient (Wildman–Crippen LogP) is 6.09. The molecular formula is C16H16Br2FN. The van der Waals surface area contributed by atoms with Crippen LogP contribution in [0.25, 0.3) is 0 Å². The van der Waals surface area contributed by atoms with Gasteiger partial charge in [-0.15, -0.1) is 0 Å². The molecule has 106 valence electrons. The fourth-order valence-corrected chi connectivity index (χ4v) is 2.94. The summed E-state index contributed by atoms with van der Waals surface area (Å²) in [5.41, 5.74) is 2.91. The maximum absolute atomic E-state index is 13.9. The maximum Gasteiger partial charge on any atom is 0.128 e. The Morgan fingerprint density at radius 2 is 1.75 bits per heavy atom. The lowest BCUT2D eigenvalue weighted by molar-refractivity contribution is 0.600. The lowest BCUT2D eigenvalue weighted by Gasteiger charge is -2.19. The second-order valence-electron chi connectivity index (χ2n) is 4.69. The highest BCUT2D eigenvalue weighted by atomic mass is 79.9. The standard InChI is InChI=1S/C16H16Br2FN/c1-3-11-8-12(17)5-7-16(11)20-10(2)14-9-13(18)4-6-15(14)19/h4-10,20H,3H2,1-2H3. The van der Waals surface area contributed by atoms with Gasteiger partial charge in [-0.3, -0.25) is 0 Å². The first-order valence-corrected chi connectivity index (χ1v) is 8.09. The van der Waals surface area contributed by atoms with Crippen molar-refractivity contribution in [1.82, 2.24) is 0 Å². The van der Waals surface area contributed by atoms with Crippen LogP contribution in [0, 0.1) is 5.82 Å². The van der Waals surface area contributed by atoms with Crippen molar-refractivity contribution in [1.29, 1.82) is 0 Å². The number of hydrogen-bond acceptors (Lipinski definition) is 1. The summed E-state index contributed by atoms with van der Waals surface area (Å²) in [5, 5.41) is 3.39. The highest BCUT2D eigenvalue weighted by Gasteiger charge is 2.12. The van der Waals surface area contributed by atoms with Crippen LogP contribution in [0.3, 0.4) is 0 Å². The van der Waals surface area contributed by atoms with E-state index in [1.54, 1.807) is 6.07 Å². The summed E-state index contributed by atoms with van der Waals surface area (Å²) in [4.78, 5) is 0. The second-order valence-corrected chi connectivity index (χ2v) is 6.52. The molecule has 0 amide bonds. The van der Waals surface area contributed by atoms with Gasteiger partial charge in [0.05, 0.1) is 6.04 Å². The van der Waals surface area contributed by atoms with E-state index in [0.29, 0.717) is 5.56 Å². The summed E-state index contributed by atoms with van der Waals surface area (Å²) in [6.45, 7) is 4.07. The van der Waals surface area contributed by atoms with Crippen LogP contribution in [0.4, 0.5) is 10.1 Å². The second kappa shape index (κ2) is 6.72. The molecular weight excluding hydrogens is 385 g/mol. The Kier molecular flexibility index (Phi) is 5.22. The van der Waals surface area contributed by atoms with Crippen LogP contribution in [-0.2, 0) is 6.42 Å². The van der Waals surface area contributed by atoms with Crippen LogP contribution < -0.4 is 5.32 Å². The summed E-state index contributed by atoms with van der Waals surface area (Å²) in [6, 6.07) is 11.0. The zero-order valence-electron chi connectivity index (χ0n) is 11.4. The van der Waals surface area contributed by atoms with Gasteiger partial charge in [0.1, 0.15) is 5.82 Å². The van der Waals surface area contributed by atoms with E-state index < -0.39 is 0 Å². The fourth-order valence-electron chi connectivity index (χ4n) is 2.15. The molecule has 0 aliphatic rings. The zero-order valence-corrected chi connectivity index (χ0v) is 14.6. The molecule has 0 fully saturated rings. The number of benzene rings is 2. The predicted molar refractivity (Wildman–Crippen MR) is 89.7 cm³/mol. The summed E-state index contributed by atoms with van der Waals surface area (Å²) < 4.78 is 15.8. The van der Waals surface area contributed by atoms with Gasteiger partial charge in [0.25, 0.3) is 0 Å². The van der Waals surface area contributed by atoms with Gasteiger partial charge in [-0.2, -0.15) is 0 Å². The SMILES string of the molecule is CCc1cc(Br)ccc1NC(C)c1cc(Br)ccc1F. The number of aryl methyl sites for hydroxylation is 1. The fraction of sp³-hybridized carbons (Fsp3) is 0.250. The normalized spacial score (nSPS) is 12.2. The first kappa shape index (κ1) is 15.5. The molecule has 1 nitrogen and oxygen atoms in total. The molecule has 20 heavy (non-hydrogen) atoms. The molecule has 0 radical (unpaired) electrons. The molecule has 0 aliphatic heterocycles. The maximum atomic E-state index is 13.9. The first-order chi connectivity index (χ1) is 9.51. The van der Waals surface area contributed by atoms with Crippen molar-refractivity contribution in [2.24, 2.45) is 0 Å². The van der Waals surface area contributed by atoms with E-state index in [1.807, 2.05) is 25.1 Å². The topological polar surface area (TPSA) is 12.0 Å². The lowest BCUT2D eigenvalue weighted by atomic mass is 10.1. The molecule has 0 saturated carbocycles. The van der Waals surface area contributed by atoms with Gasteiger partial charge in [0.15, 0.2) is 0 Å². The Labute approximate surface area is 135 Å². The number of rotatable bonds is 4. The minimum atomic E-state index is -0.191. The Morgan fingerprint density at radius 3 is 2.45 bits per heavy atom. The van der Waals surface area contributed by atoms with E-state index >= 15 is 0 Å². The van der Waals surface area contributed by atoms with Gasteiger partial charge in [-0.1, -0.05) is 38.8 Å². The molecule has 2 rings (SSSR count). The van der Waals surface area contributed by atoms with Gasteiger partial charge in [-0.05, 0) is 55.3 Å². The third-order valence-electron chi connectivity index (χ3n) is 3.24. The number of anilines is 1. The van der Waals surface area contributed by atoms with E-state index in [9.17, 15) is 4.39 Å². The molecule has 0 spiro atoms. The number of nitrogens with one attached hydrogen (secondary N) is 1. The third-order valence-corrected chi connectivity index (χ3v) is 4.23.